The van der Waals surface area contributed by atoms with Crippen LogP contribution in [0.15, 0.2) is 41.1 Å². The summed E-state index contributed by atoms with van der Waals surface area (Å²) in [6.45, 7) is 4.64. The van der Waals surface area contributed by atoms with Crippen molar-refractivity contribution in [1.29, 1.82) is 0 Å². The Labute approximate surface area is 138 Å². The quantitative estimate of drug-likeness (QED) is 0.748. The fourth-order valence-electron chi connectivity index (χ4n) is 2.50. The highest BCUT2D eigenvalue weighted by molar-refractivity contribution is 5.95. The van der Waals surface area contributed by atoms with E-state index in [1.807, 2.05) is 6.07 Å². The summed E-state index contributed by atoms with van der Waals surface area (Å²) in [6, 6.07) is 8.63. The predicted octanol–water partition coefficient (Wildman–Crippen LogP) is 2.88. The molecule has 0 saturated heterocycles. The van der Waals surface area contributed by atoms with Gasteiger partial charge >= 0.3 is 5.97 Å². The molecule has 7 heteroatoms. The van der Waals surface area contributed by atoms with Crippen LogP contribution < -0.4 is 0 Å². The summed E-state index contributed by atoms with van der Waals surface area (Å²) in [7, 11) is 0. The van der Waals surface area contributed by atoms with Crippen molar-refractivity contribution in [3.05, 3.63) is 53.5 Å². The largest absolute Gasteiger partial charge is 0.478 e. The molecule has 0 unspecified atom stereocenters. The normalized spacial score (nSPS) is 11.1. The molecular formula is C17H18N4O3. The highest BCUT2D eigenvalue weighted by atomic mass is 16.5. The maximum Gasteiger partial charge on any atom is 0.336 e. The van der Waals surface area contributed by atoms with Gasteiger partial charge in [-0.2, -0.15) is 0 Å². The summed E-state index contributed by atoms with van der Waals surface area (Å²) in [6.07, 6.45) is 2.56. The third-order valence-electron chi connectivity index (χ3n) is 3.52. The Morgan fingerprint density at radius 2 is 2.12 bits per heavy atom. The topological polar surface area (TPSA) is 94.0 Å². The van der Waals surface area contributed by atoms with E-state index in [4.69, 9.17) is 4.52 Å². The van der Waals surface area contributed by atoms with E-state index in [9.17, 15) is 9.90 Å². The lowest BCUT2D eigenvalue weighted by atomic mass is 10.1. The zero-order chi connectivity index (χ0) is 17.1. The first-order chi connectivity index (χ1) is 11.5. The summed E-state index contributed by atoms with van der Waals surface area (Å²) < 4.78 is 6.92. The molecule has 0 radical (unpaired) electrons. The highest BCUT2D eigenvalue weighted by Crippen LogP contribution is 2.21. The first-order valence-electron chi connectivity index (χ1n) is 7.70. The van der Waals surface area contributed by atoms with Crippen LogP contribution in [0.4, 0.5) is 0 Å². The molecule has 0 fully saturated rings. The van der Waals surface area contributed by atoms with Crippen LogP contribution in [0.1, 0.15) is 35.7 Å². The van der Waals surface area contributed by atoms with Gasteiger partial charge in [-0.1, -0.05) is 42.4 Å². The molecule has 124 valence electrons. The summed E-state index contributed by atoms with van der Waals surface area (Å²) >= 11 is 0. The standard InChI is InChI=1S/C17H18N4O3/c1-11(2)7-12-8-13(24-19-12)9-21-10-16(18-20-21)14-5-3-4-6-15(14)17(22)23/h3-6,8,10-11H,7,9H2,1-2H3,(H,22,23). The van der Waals surface area contributed by atoms with Gasteiger partial charge < -0.3 is 9.63 Å². The lowest BCUT2D eigenvalue weighted by Gasteiger charge is -2.01. The van der Waals surface area contributed by atoms with Crippen molar-refractivity contribution < 1.29 is 14.4 Å². The molecule has 2 aromatic heterocycles. The molecule has 3 aromatic rings. The Hall–Kier alpha value is -2.96. The third kappa shape index (κ3) is 3.51. The third-order valence-corrected chi connectivity index (χ3v) is 3.52. The fourth-order valence-corrected chi connectivity index (χ4v) is 2.50. The van der Waals surface area contributed by atoms with Crippen molar-refractivity contribution in [2.24, 2.45) is 5.92 Å². The Morgan fingerprint density at radius 1 is 1.33 bits per heavy atom. The second-order valence-corrected chi connectivity index (χ2v) is 6.03. The van der Waals surface area contributed by atoms with Crippen molar-refractivity contribution in [3.63, 3.8) is 0 Å². The maximum absolute atomic E-state index is 11.3. The summed E-state index contributed by atoms with van der Waals surface area (Å²) in [4.78, 5) is 11.3. The summed E-state index contributed by atoms with van der Waals surface area (Å²) in [5.41, 5.74) is 2.16. The van der Waals surface area contributed by atoms with Gasteiger partial charge in [0.1, 0.15) is 12.2 Å². The minimum Gasteiger partial charge on any atom is -0.478 e. The van der Waals surface area contributed by atoms with Gasteiger partial charge in [0.05, 0.1) is 17.5 Å². The number of benzene rings is 1. The number of nitrogens with zero attached hydrogens (tertiary/aromatic N) is 4. The highest BCUT2D eigenvalue weighted by Gasteiger charge is 2.14. The van der Waals surface area contributed by atoms with E-state index >= 15 is 0 Å². The molecule has 1 aromatic carbocycles. The summed E-state index contributed by atoms with van der Waals surface area (Å²) in [5, 5.41) is 21.4. The number of hydrogen-bond acceptors (Lipinski definition) is 5. The van der Waals surface area contributed by atoms with Crippen molar-refractivity contribution in [1.82, 2.24) is 20.2 Å². The van der Waals surface area contributed by atoms with Crippen molar-refractivity contribution in [3.8, 4) is 11.3 Å². The smallest absolute Gasteiger partial charge is 0.336 e. The van der Waals surface area contributed by atoms with Crippen LogP contribution in [0.25, 0.3) is 11.3 Å². The van der Waals surface area contributed by atoms with Gasteiger partial charge in [0, 0.05) is 11.6 Å². The molecule has 0 spiro atoms. The van der Waals surface area contributed by atoms with E-state index in [1.54, 1.807) is 35.1 Å². The number of rotatable bonds is 6. The Balaban J connectivity index is 1.79. The summed E-state index contributed by atoms with van der Waals surface area (Å²) in [5.74, 6) is 0.204. The first kappa shape index (κ1) is 15.9. The fraction of sp³-hybridized carbons (Fsp3) is 0.294. The van der Waals surface area contributed by atoms with Crippen LogP contribution in [0.5, 0.6) is 0 Å². The monoisotopic (exact) mass is 326 g/mol. The minimum atomic E-state index is -0.992. The van der Waals surface area contributed by atoms with Crippen LogP contribution in [0, 0.1) is 5.92 Å². The molecule has 0 saturated carbocycles. The SMILES string of the molecule is CC(C)Cc1cc(Cn2cc(-c3ccccc3C(=O)O)nn2)on1. The molecule has 0 aliphatic heterocycles. The van der Waals surface area contributed by atoms with Crippen LogP contribution >= 0.6 is 0 Å². The van der Waals surface area contributed by atoms with Gasteiger partial charge in [-0.05, 0) is 18.4 Å². The molecule has 24 heavy (non-hydrogen) atoms. The molecular weight excluding hydrogens is 308 g/mol. The van der Waals surface area contributed by atoms with Gasteiger partial charge in [-0.25, -0.2) is 9.48 Å². The average Bonchev–Trinajstić information content (AvgIpc) is 3.17. The average molecular weight is 326 g/mol. The Bertz CT molecular complexity index is 851. The Morgan fingerprint density at radius 3 is 2.88 bits per heavy atom. The van der Waals surface area contributed by atoms with Crippen LogP contribution in [0.2, 0.25) is 0 Å². The van der Waals surface area contributed by atoms with E-state index < -0.39 is 5.97 Å². The van der Waals surface area contributed by atoms with Crippen LogP contribution in [-0.2, 0) is 13.0 Å². The molecule has 2 heterocycles. The van der Waals surface area contributed by atoms with Crippen molar-refractivity contribution >= 4 is 5.97 Å². The molecule has 0 aliphatic rings. The van der Waals surface area contributed by atoms with Gasteiger partial charge in [-0.15, -0.1) is 5.10 Å². The number of carbonyl (C=O) groups is 1. The van der Waals surface area contributed by atoms with E-state index in [0.29, 0.717) is 29.5 Å². The van der Waals surface area contributed by atoms with Gasteiger partial charge in [0.25, 0.3) is 0 Å². The molecule has 3 rings (SSSR count). The van der Waals surface area contributed by atoms with Crippen molar-refractivity contribution in [2.45, 2.75) is 26.8 Å². The zero-order valence-corrected chi connectivity index (χ0v) is 13.5. The molecule has 0 aliphatic carbocycles. The second kappa shape index (κ2) is 6.66. The van der Waals surface area contributed by atoms with Crippen molar-refractivity contribution in [2.75, 3.05) is 0 Å². The first-order valence-corrected chi connectivity index (χ1v) is 7.70. The number of hydrogen-bond donors (Lipinski definition) is 1. The molecule has 1 N–H and O–H groups in total. The number of carboxylic acid groups (broad SMARTS) is 1. The second-order valence-electron chi connectivity index (χ2n) is 6.03. The number of carboxylic acids is 1. The lowest BCUT2D eigenvalue weighted by Crippen LogP contribution is -1.99. The zero-order valence-electron chi connectivity index (χ0n) is 13.5. The maximum atomic E-state index is 11.3. The number of aromatic nitrogens is 4. The van der Waals surface area contributed by atoms with Crippen LogP contribution in [0.3, 0.4) is 0 Å². The van der Waals surface area contributed by atoms with Gasteiger partial charge in [0.2, 0.25) is 0 Å². The predicted molar refractivity (Wildman–Crippen MR) is 86.6 cm³/mol. The van der Waals surface area contributed by atoms with E-state index in [2.05, 4.69) is 29.3 Å². The number of aromatic carboxylic acids is 1. The van der Waals surface area contributed by atoms with Gasteiger partial charge in [0.15, 0.2) is 5.76 Å². The van der Waals surface area contributed by atoms with E-state index in [0.717, 1.165) is 12.1 Å². The van der Waals surface area contributed by atoms with E-state index in [-0.39, 0.29) is 5.56 Å². The Kier molecular flexibility index (Phi) is 4.41. The molecule has 7 nitrogen and oxygen atoms in total. The molecule has 0 atom stereocenters. The molecule has 0 bridgehead atoms. The van der Waals surface area contributed by atoms with Crippen LogP contribution in [-0.4, -0.2) is 31.2 Å². The van der Waals surface area contributed by atoms with E-state index in [1.165, 1.54) is 0 Å². The lowest BCUT2D eigenvalue weighted by molar-refractivity contribution is 0.0697. The molecule has 0 amide bonds. The van der Waals surface area contributed by atoms with Gasteiger partial charge in [-0.3, -0.25) is 0 Å². The minimum absolute atomic E-state index is 0.198.